The monoisotopic (exact) mass is 462 g/mol. The fourth-order valence-electron chi connectivity index (χ4n) is 4.03. The van der Waals surface area contributed by atoms with E-state index in [1.807, 2.05) is 32.9 Å². The van der Waals surface area contributed by atoms with Crippen LogP contribution in [0.2, 0.25) is 5.02 Å². The number of nitrogens with zero attached hydrogens (tertiary/aromatic N) is 2. The number of aliphatic hydroxyl groups excluding tert-OH is 1. The number of carbonyl (C=O) groups is 2. The molecule has 1 aromatic heterocycles. The summed E-state index contributed by atoms with van der Waals surface area (Å²) in [5.41, 5.74) is 3.28. The van der Waals surface area contributed by atoms with Gasteiger partial charge in [-0.15, -0.1) is 0 Å². The first-order valence-electron chi connectivity index (χ1n) is 10.5. The van der Waals surface area contributed by atoms with Gasteiger partial charge in [0, 0.05) is 23.6 Å². The van der Waals surface area contributed by atoms with Gasteiger partial charge in [-0.1, -0.05) is 23.7 Å². The van der Waals surface area contributed by atoms with Crippen LogP contribution in [0.25, 0.3) is 5.76 Å². The molecule has 1 N–H and O–H groups in total. The second kappa shape index (κ2) is 9.08. The number of aromatic nitrogens is 1. The van der Waals surface area contributed by atoms with Gasteiger partial charge in [0.1, 0.15) is 11.5 Å². The number of Topliss-reactive ketones (excluding diaryl/α,β-unsaturated/α-hetero) is 1. The fraction of sp³-hybridized carbons (Fsp3) is 0.192. The molecular formula is C26H23ClN2O4. The van der Waals surface area contributed by atoms with Gasteiger partial charge in [0.25, 0.3) is 11.7 Å². The van der Waals surface area contributed by atoms with Crippen LogP contribution in [0.1, 0.15) is 35.2 Å². The number of anilines is 1. The molecule has 0 bridgehead atoms. The highest BCUT2D eigenvalue weighted by atomic mass is 35.5. The molecule has 4 rings (SSSR count). The molecule has 2 aromatic carbocycles. The van der Waals surface area contributed by atoms with E-state index in [-0.39, 0.29) is 21.9 Å². The maximum atomic E-state index is 13.3. The van der Waals surface area contributed by atoms with Crippen molar-refractivity contribution in [3.63, 3.8) is 0 Å². The van der Waals surface area contributed by atoms with Crippen molar-refractivity contribution < 1.29 is 19.4 Å². The summed E-state index contributed by atoms with van der Waals surface area (Å²) in [4.78, 5) is 32.1. The Hall–Kier alpha value is -3.64. The Bertz CT molecular complexity index is 1270. The molecular weight excluding hydrogens is 440 g/mol. The summed E-state index contributed by atoms with van der Waals surface area (Å²) in [6, 6.07) is 13.0. The number of ketones is 1. The van der Waals surface area contributed by atoms with Crippen LogP contribution in [-0.4, -0.2) is 28.4 Å². The number of hydrogen-bond acceptors (Lipinski definition) is 5. The molecule has 0 saturated carbocycles. The molecule has 1 fully saturated rings. The lowest BCUT2D eigenvalue weighted by Crippen LogP contribution is -2.30. The molecule has 7 heteroatoms. The van der Waals surface area contributed by atoms with Crippen molar-refractivity contribution in [2.75, 3.05) is 11.5 Å². The lowest BCUT2D eigenvalue weighted by atomic mass is 9.95. The summed E-state index contributed by atoms with van der Waals surface area (Å²) in [5.74, 6) is -1.36. The molecule has 1 atom stereocenters. The van der Waals surface area contributed by atoms with E-state index in [1.165, 1.54) is 4.90 Å². The molecule has 1 aliphatic rings. The number of rotatable bonds is 5. The highest BCUT2D eigenvalue weighted by molar-refractivity contribution is 6.52. The van der Waals surface area contributed by atoms with Crippen LogP contribution in [0.15, 0.2) is 66.5 Å². The highest BCUT2D eigenvalue weighted by Crippen LogP contribution is 2.44. The Balaban J connectivity index is 1.98. The van der Waals surface area contributed by atoms with E-state index in [4.69, 9.17) is 16.3 Å². The van der Waals surface area contributed by atoms with Crippen molar-refractivity contribution in [1.29, 1.82) is 0 Å². The number of carbonyl (C=O) groups excluding carboxylic acids is 2. The van der Waals surface area contributed by atoms with Crippen molar-refractivity contribution in [2.45, 2.75) is 26.8 Å². The Morgan fingerprint density at radius 1 is 1.12 bits per heavy atom. The Labute approximate surface area is 197 Å². The zero-order chi connectivity index (χ0) is 23.7. The first kappa shape index (κ1) is 22.6. The third kappa shape index (κ3) is 3.98. The van der Waals surface area contributed by atoms with E-state index in [2.05, 4.69) is 4.98 Å². The van der Waals surface area contributed by atoms with Gasteiger partial charge in [-0.05, 0) is 73.9 Å². The molecule has 2 heterocycles. The van der Waals surface area contributed by atoms with Gasteiger partial charge in [-0.25, -0.2) is 0 Å². The number of amides is 1. The second-order valence-electron chi connectivity index (χ2n) is 7.74. The van der Waals surface area contributed by atoms with Gasteiger partial charge in [0.2, 0.25) is 0 Å². The van der Waals surface area contributed by atoms with Crippen LogP contribution in [0.5, 0.6) is 5.75 Å². The molecule has 0 radical (unpaired) electrons. The quantitative estimate of drug-likeness (QED) is 0.313. The average molecular weight is 463 g/mol. The number of ether oxygens (including phenoxy) is 1. The minimum absolute atomic E-state index is 0.0392. The summed E-state index contributed by atoms with van der Waals surface area (Å²) in [6.45, 7) is 6.11. The van der Waals surface area contributed by atoms with Crippen molar-refractivity contribution in [3.05, 3.63) is 93.8 Å². The number of halogens is 1. The maximum Gasteiger partial charge on any atom is 0.300 e. The van der Waals surface area contributed by atoms with Crippen LogP contribution in [0.3, 0.4) is 0 Å². The number of benzene rings is 2. The SMILES string of the molecule is CCOc1ccc(Cl)c(/C(O)=C2\C(=O)C(=O)N(c3cccc(C)c3C)C2c2ccncc2)c1. The molecule has 0 aliphatic carbocycles. The predicted octanol–water partition coefficient (Wildman–Crippen LogP) is 5.38. The van der Waals surface area contributed by atoms with Crippen molar-refractivity contribution >= 4 is 34.7 Å². The molecule has 0 spiro atoms. The first-order chi connectivity index (χ1) is 15.8. The van der Waals surface area contributed by atoms with Gasteiger partial charge < -0.3 is 9.84 Å². The van der Waals surface area contributed by atoms with Crippen LogP contribution < -0.4 is 9.64 Å². The first-order valence-corrected chi connectivity index (χ1v) is 10.9. The number of aliphatic hydroxyl groups is 1. The van der Waals surface area contributed by atoms with Crippen molar-refractivity contribution in [3.8, 4) is 5.75 Å². The van der Waals surface area contributed by atoms with Gasteiger partial charge in [-0.2, -0.15) is 0 Å². The van der Waals surface area contributed by atoms with Crippen LogP contribution >= 0.6 is 11.6 Å². The van der Waals surface area contributed by atoms with Gasteiger partial charge in [0.15, 0.2) is 0 Å². The highest BCUT2D eigenvalue weighted by Gasteiger charge is 2.47. The van der Waals surface area contributed by atoms with Crippen LogP contribution in [0.4, 0.5) is 5.69 Å². The minimum Gasteiger partial charge on any atom is -0.507 e. The predicted molar refractivity (Wildman–Crippen MR) is 128 cm³/mol. The van der Waals surface area contributed by atoms with Crippen molar-refractivity contribution in [1.82, 2.24) is 4.98 Å². The fourth-order valence-corrected chi connectivity index (χ4v) is 4.23. The maximum absolute atomic E-state index is 13.3. The van der Waals surface area contributed by atoms with Gasteiger partial charge in [0.05, 0.1) is 23.2 Å². The number of hydrogen-bond donors (Lipinski definition) is 1. The van der Waals surface area contributed by atoms with E-state index >= 15 is 0 Å². The Kier molecular flexibility index (Phi) is 6.20. The van der Waals surface area contributed by atoms with Crippen LogP contribution in [-0.2, 0) is 9.59 Å². The third-order valence-corrected chi connectivity index (χ3v) is 6.14. The molecule has 3 aromatic rings. The summed E-state index contributed by atoms with van der Waals surface area (Å²) < 4.78 is 5.53. The molecule has 1 aliphatic heterocycles. The van der Waals surface area contributed by atoms with E-state index < -0.39 is 17.7 Å². The molecule has 6 nitrogen and oxygen atoms in total. The van der Waals surface area contributed by atoms with E-state index in [9.17, 15) is 14.7 Å². The number of aryl methyl sites for hydroxylation is 1. The number of pyridine rings is 1. The van der Waals surface area contributed by atoms with Crippen molar-refractivity contribution in [2.24, 2.45) is 0 Å². The van der Waals surface area contributed by atoms with Gasteiger partial charge >= 0.3 is 0 Å². The van der Waals surface area contributed by atoms with E-state index in [1.54, 1.807) is 48.8 Å². The lowest BCUT2D eigenvalue weighted by Gasteiger charge is -2.27. The normalized spacial score (nSPS) is 17.5. The Morgan fingerprint density at radius 3 is 2.55 bits per heavy atom. The molecule has 168 valence electrons. The molecule has 33 heavy (non-hydrogen) atoms. The second-order valence-corrected chi connectivity index (χ2v) is 8.15. The van der Waals surface area contributed by atoms with Gasteiger partial charge in [-0.3, -0.25) is 19.5 Å². The Morgan fingerprint density at radius 2 is 1.85 bits per heavy atom. The van der Waals surface area contributed by atoms with E-state index in [0.29, 0.717) is 23.6 Å². The largest absolute Gasteiger partial charge is 0.507 e. The standard InChI is InChI=1S/C26H23ClN2O4/c1-4-33-18-8-9-20(27)19(14-18)24(30)22-23(17-10-12-28-13-11-17)29(26(32)25(22)31)21-7-5-6-15(2)16(21)3/h5-14,23,30H,4H2,1-3H3/b24-22+. The molecule has 1 saturated heterocycles. The minimum atomic E-state index is -0.847. The smallest absolute Gasteiger partial charge is 0.300 e. The lowest BCUT2D eigenvalue weighted by molar-refractivity contribution is -0.132. The summed E-state index contributed by atoms with van der Waals surface area (Å²) in [5, 5.41) is 11.6. The molecule has 1 amide bonds. The van der Waals surface area contributed by atoms with E-state index in [0.717, 1.165) is 11.1 Å². The zero-order valence-electron chi connectivity index (χ0n) is 18.5. The third-order valence-electron chi connectivity index (χ3n) is 5.81. The zero-order valence-corrected chi connectivity index (χ0v) is 19.3. The molecule has 1 unspecified atom stereocenters. The summed E-state index contributed by atoms with van der Waals surface area (Å²) in [6.07, 6.45) is 3.17. The average Bonchev–Trinajstić information content (AvgIpc) is 3.08. The summed E-state index contributed by atoms with van der Waals surface area (Å²) >= 11 is 6.38. The van der Waals surface area contributed by atoms with Crippen LogP contribution in [0, 0.1) is 13.8 Å². The summed E-state index contributed by atoms with van der Waals surface area (Å²) in [7, 11) is 0. The topological polar surface area (TPSA) is 79.7 Å².